The molecular weight excluding hydrogens is 468 g/mol. The summed E-state index contributed by atoms with van der Waals surface area (Å²) in [4.78, 5) is 0. The second-order valence-corrected chi connectivity index (χ2v) is 7.88. The SMILES string of the molecule is C=C.C=C(/C=C\C(=C)C(=C)/C(F)=C(/F)C(=C)C(C)OCC(C)CC)C(=C)/C(F)=C(/F)C(=C)OCCC. The van der Waals surface area contributed by atoms with Crippen molar-refractivity contribution < 1.29 is 27.0 Å². The van der Waals surface area contributed by atoms with Gasteiger partial charge in [-0.05, 0) is 30.4 Å². The fourth-order valence-corrected chi connectivity index (χ4v) is 2.21. The number of rotatable bonds is 16. The quantitative estimate of drug-likeness (QED) is 0.0894. The molecule has 0 fully saturated rings. The van der Waals surface area contributed by atoms with Crippen molar-refractivity contribution >= 4 is 0 Å². The van der Waals surface area contributed by atoms with Crippen molar-refractivity contribution in [3.63, 3.8) is 0 Å². The van der Waals surface area contributed by atoms with Crippen molar-refractivity contribution in [1.29, 1.82) is 0 Å². The molecule has 0 aromatic heterocycles. The van der Waals surface area contributed by atoms with Crippen LogP contribution in [0.1, 0.15) is 40.5 Å². The second-order valence-electron chi connectivity index (χ2n) is 7.88. The van der Waals surface area contributed by atoms with Crippen LogP contribution in [0, 0.1) is 5.92 Å². The molecule has 0 heterocycles. The van der Waals surface area contributed by atoms with Crippen molar-refractivity contribution in [2.45, 2.75) is 46.6 Å². The molecule has 0 amide bonds. The normalized spacial score (nSPS) is 13.9. The number of halogens is 4. The minimum Gasteiger partial charge on any atom is -0.491 e. The summed E-state index contributed by atoms with van der Waals surface area (Å²) in [5, 5.41) is 0. The first kappa shape index (κ1) is 35.0. The molecule has 0 rings (SSSR count). The van der Waals surface area contributed by atoms with Gasteiger partial charge in [0.25, 0.3) is 0 Å². The van der Waals surface area contributed by atoms with Gasteiger partial charge in [-0.15, -0.1) is 13.2 Å². The van der Waals surface area contributed by atoms with Crippen molar-refractivity contribution in [3.05, 3.63) is 122 Å². The van der Waals surface area contributed by atoms with E-state index in [4.69, 9.17) is 9.47 Å². The van der Waals surface area contributed by atoms with Crippen molar-refractivity contribution in [1.82, 2.24) is 0 Å². The van der Waals surface area contributed by atoms with Gasteiger partial charge in [0.2, 0.25) is 5.83 Å². The summed E-state index contributed by atoms with van der Waals surface area (Å²) < 4.78 is 68.2. The number of ether oxygens (including phenoxy) is 2. The second kappa shape index (κ2) is 18.2. The van der Waals surface area contributed by atoms with E-state index in [2.05, 4.69) is 52.6 Å². The summed E-state index contributed by atoms with van der Waals surface area (Å²) in [6.45, 7) is 35.1. The van der Waals surface area contributed by atoms with Crippen LogP contribution in [0.3, 0.4) is 0 Å². The smallest absolute Gasteiger partial charge is 0.200 e. The van der Waals surface area contributed by atoms with E-state index in [0.717, 1.165) is 6.42 Å². The van der Waals surface area contributed by atoms with E-state index in [1.807, 2.05) is 13.8 Å². The minimum absolute atomic E-state index is 0.0110. The molecule has 200 valence electrons. The van der Waals surface area contributed by atoms with Gasteiger partial charge in [0, 0.05) is 23.3 Å². The molecule has 0 N–H and O–H groups in total. The van der Waals surface area contributed by atoms with Gasteiger partial charge < -0.3 is 9.47 Å². The Morgan fingerprint density at radius 2 is 1.19 bits per heavy atom. The van der Waals surface area contributed by atoms with E-state index >= 15 is 0 Å². The zero-order valence-corrected chi connectivity index (χ0v) is 22.1. The van der Waals surface area contributed by atoms with Crippen LogP contribution in [0.4, 0.5) is 17.6 Å². The maximum Gasteiger partial charge on any atom is 0.200 e. The molecular formula is C30H40F4O2. The van der Waals surface area contributed by atoms with Crippen molar-refractivity contribution in [3.8, 4) is 0 Å². The molecule has 0 radical (unpaired) electrons. The van der Waals surface area contributed by atoms with E-state index < -0.39 is 35.2 Å². The van der Waals surface area contributed by atoms with E-state index in [-0.39, 0.29) is 40.4 Å². The Hall–Kier alpha value is -3.12. The molecule has 2 nitrogen and oxygen atoms in total. The molecule has 2 unspecified atom stereocenters. The van der Waals surface area contributed by atoms with Crippen LogP contribution in [0.2, 0.25) is 0 Å². The molecule has 0 saturated carbocycles. The fraction of sp³-hybridized carbons (Fsp3) is 0.333. The molecule has 0 aliphatic rings. The van der Waals surface area contributed by atoms with Gasteiger partial charge in [-0.2, -0.15) is 4.39 Å². The van der Waals surface area contributed by atoms with Gasteiger partial charge in [-0.25, -0.2) is 13.2 Å². The Labute approximate surface area is 214 Å². The van der Waals surface area contributed by atoms with Crippen LogP contribution in [0.15, 0.2) is 122 Å². The summed E-state index contributed by atoms with van der Waals surface area (Å²) in [6.07, 6.45) is 3.22. The largest absolute Gasteiger partial charge is 0.491 e. The van der Waals surface area contributed by atoms with Crippen molar-refractivity contribution in [2.24, 2.45) is 5.92 Å². The maximum atomic E-state index is 14.6. The third-order valence-corrected chi connectivity index (χ3v) is 5.00. The molecule has 2 atom stereocenters. The third kappa shape index (κ3) is 11.5. The van der Waals surface area contributed by atoms with Crippen LogP contribution in [-0.4, -0.2) is 19.3 Å². The molecule has 0 bridgehead atoms. The molecule has 6 heteroatoms. The average molecular weight is 509 g/mol. The van der Waals surface area contributed by atoms with Crippen LogP contribution >= 0.6 is 0 Å². The highest BCUT2D eigenvalue weighted by Gasteiger charge is 2.20. The molecule has 0 aromatic carbocycles. The Balaban J connectivity index is 0. The monoisotopic (exact) mass is 508 g/mol. The van der Waals surface area contributed by atoms with Crippen molar-refractivity contribution in [2.75, 3.05) is 13.2 Å². The Morgan fingerprint density at radius 3 is 1.61 bits per heavy atom. The van der Waals surface area contributed by atoms with Gasteiger partial charge in [0.05, 0.1) is 12.7 Å². The topological polar surface area (TPSA) is 18.5 Å². The summed E-state index contributed by atoms with van der Waals surface area (Å²) in [7, 11) is 0. The predicted molar refractivity (Wildman–Crippen MR) is 145 cm³/mol. The molecule has 0 aromatic rings. The predicted octanol–water partition coefficient (Wildman–Crippen LogP) is 9.82. The summed E-state index contributed by atoms with van der Waals surface area (Å²) in [6, 6.07) is 0. The highest BCUT2D eigenvalue weighted by Crippen LogP contribution is 2.30. The van der Waals surface area contributed by atoms with E-state index in [0.29, 0.717) is 13.0 Å². The first-order valence-electron chi connectivity index (χ1n) is 11.5. The molecule has 0 saturated heterocycles. The standard InChI is InChI=1S/C28H36F4O2.C2H4/c1-11-15-33-24(10)28(32)26(30)21(7)19(5)14-13-18(4)20(6)25(29)27(31)22(8)23(9)34-16-17(3)12-2;1-2/h13-14,17,23H,4-8,10-12,15-16H2,1-3,9H3;1-2H2/b14-13-,27-25-,28-26-;. The molecule has 0 spiro atoms. The lowest BCUT2D eigenvalue weighted by atomic mass is 10.0. The Bertz CT molecular complexity index is 935. The summed E-state index contributed by atoms with van der Waals surface area (Å²) in [5.74, 6) is -5.22. The fourth-order valence-electron chi connectivity index (χ4n) is 2.21. The zero-order valence-electron chi connectivity index (χ0n) is 22.1. The third-order valence-electron chi connectivity index (χ3n) is 5.00. The first-order valence-corrected chi connectivity index (χ1v) is 11.5. The zero-order chi connectivity index (χ0) is 28.6. The van der Waals surface area contributed by atoms with Gasteiger partial charge >= 0.3 is 0 Å². The Morgan fingerprint density at radius 1 is 0.750 bits per heavy atom. The minimum atomic E-state index is -1.30. The van der Waals surface area contributed by atoms with Gasteiger partial charge in [-0.3, -0.25) is 0 Å². The highest BCUT2D eigenvalue weighted by molar-refractivity contribution is 5.54. The van der Waals surface area contributed by atoms with Crippen LogP contribution in [0.25, 0.3) is 0 Å². The van der Waals surface area contributed by atoms with E-state index in [9.17, 15) is 17.6 Å². The van der Waals surface area contributed by atoms with Gasteiger partial charge in [-0.1, -0.05) is 78.8 Å². The average Bonchev–Trinajstić information content (AvgIpc) is 2.90. The van der Waals surface area contributed by atoms with Gasteiger partial charge in [0.15, 0.2) is 23.2 Å². The molecule has 0 aliphatic carbocycles. The maximum absolute atomic E-state index is 14.6. The lowest BCUT2D eigenvalue weighted by Crippen LogP contribution is -2.16. The van der Waals surface area contributed by atoms with Crippen LogP contribution in [0.5, 0.6) is 0 Å². The lowest BCUT2D eigenvalue weighted by Gasteiger charge is -2.18. The highest BCUT2D eigenvalue weighted by atomic mass is 19.2. The molecule has 36 heavy (non-hydrogen) atoms. The summed E-state index contributed by atoms with van der Waals surface area (Å²) in [5.41, 5.74) is -0.902. The summed E-state index contributed by atoms with van der Waals surface area (Å²) >= 11 is 0. The number of hydrogen-bond donors (Lipinski definition) is 0. The van der Waals surface area contributed by atoms with Crippen LogP contribution in [-0.2, 0) is 9.47 Å². The van der Waals surface area contributed by atoms with E-state index in [1.54, 1.807) is 13.8 Å². The number of allylic oxidation sites excluding steroid dienone is 9. The van der Waals surface area contributed by atoms with Crippen LogP contribution < -0.4 is 0 Å². The first-order chi connectivity index (χ1) is 16.8. The number of hydrogen-bond acceptors (Lipinski definition) is 2. The van der Waals surface area contributed by atoms with E-state index in [1.165, 1.54) is 12.2 Å². The lowest BCUT2D eigenvalue weighted by molar-refractivity contribution is 0.0640. The Kier molecular flexibility index (Phi) is 17.7. The molecule has 0 aliphatic heterocycles. The van der Waals surface area contributed by atoms with Gasteiger partial charge in [0.1, 0.15) is 0 Å².